The highest BCUT2D eigenvalue weighted by Crippen LogP contribution is 2.40. The van der Waals surface area contributed by atoms with E-state index >= 15 is 0 Å². The average Bonchev–Trinajstić information content (AvgIpc) is 2.44. The van der Waals surface area contributed by atoms with Gasteiger partial charge < -0.3 is 16.4 Å². The lowest BCUT2D eigenvalue weighted by molar-refractivity contribution is -0.120. The maximum absolute atomic E-state index is 11.8. The minimum atomic E-state index is 0.0691. The summed E-state index contributed by atoms with van der Waals surface area (Å²) in [5, 5.41) is 7.51. The lowest BCUT2D eigenvalue weighted by atomic mass is 9.80. The smallest absolute Gasteiger partial charge is 0.233 e. The third kappa shape index (κ3) is 5.90. The summed E-state index contributed by atoms with van der Waals surface area (Å²) in [6, 6.07) is 0.233. The van der Waals surface area contributed by atoms with Gasteiger partial charge in [0.15, 0.2) is 0 Å². The molecule has 0 fully saturated rings. The topological polar surface area (TPSA) is 67.1 Å². The monoisotopic (exact) mass is 299 g/mol. The third-order valence-corrected chi connectivity index (χ3v) is 5.10. The first-order valence-electron chi connectivity index (χ1n) is 7.67. The van der Waals surface area contributed by atoms with Crippen LogP contribution in [0.4, 0.5) is 0 Å². The molecule has 5 heteroatoms. The molecule has 0 aromatic rings. The number of hydrogen-bond acceptors (Lipinski definition) is 3. The molecule has 0 bridgehead atoms. The molecule has 3 atom stereocenters. The molecule has 20 heavy (non-hydrogen) atoms. The van der Waals surface area contributed by atoms with Gasteiger partial charge in [0.2, 0.25) is 5.91 Å². The quantitative estimate of drug-likeness (QED) is 0.473. The van der Waals surface area contributed by atoms with E-state index in [0.717, 1.165) is 38.8 Å². The summed E-state index contributed by atoms with van der Waals surface area (Å²) in [4.78, 5) is 11.8. The van der Waals surface area contributed by atoms with Crippen LogP contribution in [-0.2, 0) is 4.79 Å². The van der Waals surface area contributed by atoms with Gasteiger partial charge in [-0.2, -0.15) is 0 Å². The fraction of sp³-hybridized carbons (Fsp3) is 0.800. The molecule has 0 spiro atoms. The fourth-order valence-corrected chi connectivity index (χ4v) is 2.79. The molecule has 116 valence electrons. The molecule has 0 saturated heterocycles. The Labute approximate surface area is 125 Å². The molecule has 0 aliphatic heterocycles. The number of amides is 1. The lowest BCUT2D eigenvalue weighted by Gasteiger charge is -2.34. The Bertz CT molecular complexity index is 346. The van der Waals surface area contributed by atoms with Crippen LogP contribution in [0, 0.1) is 5.41 Å². The van der Waals surface area contributed by atoms with Gasteiger partial charge in [-0.1, -0.05) is 19.9 Å². The van der Waals surface area contributed by atoms with Gasteiger partial charge in [0.05, 0.1) is 6.54 Å². The fourth-order valence-electron chi connectivity index (χ4n) is 2.38. The van der Waals surface area contributed by atoms with Crippen molar-refractivity contribution in [1.82, 2.24) is 10.6 Å². The predicted octanol–water partition coefficient (Wildman–Crippen LogP) is 1.77. The zero-order valence-corrected chi connectivity index (χ0v) is 14.0. The molecule has 0 heterocycles. The van der Waals surface area contributed by atoms with Gasteiger partial charge in [-0.3, -0.25) is 4.79 Å². The maximum Gasteiger partial charge on any atom is 0.233 e. The highest BCUT2D eigenvalue weighted by molar-refractivity contribution is 7.22. The molecule has 0 radical (unpaired) electrons. The van der Waals surface area contributed by atoms with E-state index in [2.05, 4.69) is 39.8 Å². The molecule has 4 nitrogen and oxygen atoms in total. The first-order chi connectivity index (χ1) is 9.48. The second-order valence-corrected chi connectivity index (χ2v) is 6.64. The Kier molecular flexibility index (Phi) is 7.71. The minimum Gasteiger partial charge on any atom is -0.354 e. The van der Waals surface area contributed by atoms with Crippen molar-refractivity contribution in [3.05, 3.63) is 11.4 Å². The summed E-state index contributed by atoms with van der Waals surface area (Å²) in [7, 11) is 2.82. The Morgan fingerprint density at radius 1 is 1.60 bits per heavy atom. The third-order valence-electron chi connectivity index (χ3n) is 4.17. The maximum atomic E-state index is 11.8. The number of nitrogens with two attached hydrogens (primary N) is 1. The molecular formula is C15H30N3OP. The molecule has 4 N–H and O–H groups in total. The average molecular weight is 299 g/mol. The summed E-state index contributed by atoms with van der Waals surface area (Å²) in [5.74, 6) is 0.0691. The normalized spacial score (nSPS) is 24.1. The highest BCUT2D eigenvalue weighted by atomic mass is 31.0. The molecule has 1 rings (SSSR count). The minimum absolute atomic E-state index is 0.0691. The molecule has 1 aliphatic rings. The number of nitrogens with one attached hydrogen (secondary N) is 2. The van der Waals surface area contributed by atoms with Crippen LogP contribution in [0.3, 0.4) is 0 Å². The van der Waals surface area contributed by atoms with Crippen molar-refractivity contribution in [2.24, 2.45) is 11.1 Å². The number of carbonyl (C=O) groups is 1. The summed E-state index contributed by atoms with van der Waals surface area (Å²) in [6.45, 7) is 6.20. The second kappa shape index (κ2) is 8.76. The van der Waals surface area contributed by atoms with Crippen LogP contribution in [0.15, 0.2) is 11.4 Å². The van der Waals surface area contributed by atoms with Crippen molar-refractivity contribution in [2.45, 2.75) is 52.0 Å². The van der Waals surface area contributed by atoms with E-state index in [1.54, 1.807) is 0 Å². The molecule has 1 amide bonds. The predicted molar refractivity (Wildman–Crippen MR) is 88.5 cm³/mol. The standard InChI is InChI=1S/C15H30N3OP/c1-3-12(16)7-9-17-10-14(19)18-11-15(2)8-5-4-6-13(15)20/h6,12,17H,3-5,7-11,16,20H2,1-2H3,(H,18,19)/t12-,15-/m1/s1. The summed E-state index contributed by atoms with van der Waals surface area (Å²) in [5.41, 5.74) is 5.93. The van der Waals surface area contributed by atoms with Gasteiger partial charge in [0, 0.05) is 18.0 Å². The van der Waals surface area contributed by atoms with Gasteiger partial charge in [-0.25, -0.2) is 0 Å². The van der Waals surface area contributed by atoms with E-state index in [1.807, 2.05) is 0 Å². The van der Waals surface area contributed by atoms with Crippen molar-refractivity contribution in [3.8, 4) is 0 Å². The van der Waals surface area contributed by atoms with Crippen LogP contribution >= 0.6 is 9.24 Å². The Morgan fingerprint density at radius 3 is 3.00 bits per heavy atom. The first kappa shape index (κ1) is 17.6. The van der Waals surface area contributed by atoms with E-state index in [-0.39, 0.29) is 17.4 Å². The molecule has 1 aliphatic carbocycles. The van der Waals surface area contributed by atoms with E-state index in [4.69, 9.17) is 5.73 Å². The molecule has 0 saturated carbocycles. The summed E-state index contributed by atoms with van der Waals surface area (Å²) in [6.07, 6.45) is 7.67. The first-order valence-corrected chi connectivity index (χ1v) is 8.25. The van der Waals surface area contributed by atoms with Crippen molar-refractivity contribution in [3.63, 3.8) is 0 Å². The van der Waals surface area contributed by atoms with Crippen molar-refractivity contribution >= 4 is 15.1 Å². The van der Waals surface area contributed by atoms with Crippen LogP contribution in [0.25, 0.3) is 0 Å². The van der Waals surface area contributed by atoms with E-state index in [9.17, 15) is 4.79 Å². The van der Waals surface area contributed by atoms with Crippen LogP contribution in [0.1, 0.15) is 46.0 Å². The zero-order chi connectivity index (χ0) is 15.0. The van der Waals surface area contributed by atoms with Gasteiger partial charge in [0.1, 0.15) is 0 Å². The Balaban J connectivity index is 2.20. The van der Waals surface area contributed by atoms with Crippen LogP contribution in [0.5, 0.6) is 0 Å². The highest BCUT2D eigenvalue weighted by Gasteiger charge is 2.28. The second-order valence-electron chi connectivity index (χ2n) is 6.02. The van der Waals surface area contributed by atoms with Crippen molar-refractivity contribution < 1.29 is 4.79 Å². The van der Waals surface area contributed by atoms with E-state index < -0.39 is 0 Å². The van der Waals surface area contributed by atoms with Crippen molar-refractivity contribution in [1.29, 1.82) is 0 Å². The molecule has 0 aromatic carbocycles. The molecule has 0 aromatic heterocycles. The Morgan fingerprint density at radius 2 is 2.35 bits per heavy atom. The van der Waals surface area contributed by atoms with Gasteiger partial charge in [0.25, 0.3) is 0 Å². The zero-order valence-electron chi connectivity index (χ0n) is 12.9. The molecular weight excluding hydrogens is 269 g/mol. The van der Waals surface area contributed by atoms with E-state index in [1.165, 1.54) is 11.7 Å². The number of hydrogen-bond donors (Lipinski definition) is 3. The molecule has 1 unspecified atom stereocenters. The Hall–Kier alpha value is -0.440. The van der Waals surface area contributed by atoms with Crippen molar-refractivity contribution in [2.75, 3.05) is 19.6 Å². The SMILES string of the molecule is CC[C@@H](N)CCNCC(=O)NC[C@@]1(C)CCCC=C1P. The van der Waals surface area contributed by atoms with Gasteiger partial charge in [-0.05, 0) is 44.0 Å². The number of allylic oxidation sites excluding steroid dienone is 1. The summed E-state index contributed by atoms with van der Waals surface area (Å²) >= 11 is 0. The summed E-state index contributed by atoms with van der Waals surface area (Å²) < 4.78 is 0. The van der Waals surface area contributed by atoms with Crippen LogP contribution < -0.4 is 16.4 Å². The largest absolute Gasteiger partial charge is 0.354 e. The van der Waals surface area contributed by atoms with Gasteiger partial charge in [-0.15, -0.1) is 9.24 Å². The lowest BCUT2D eigenvalue weighted by Crippen LogP contribution is -2.41. The van der Waals surface area contributed by atoms with E-state index in [0.29, 0.717) is 6.54 Å². The van der Waals surface area contributed by atoms with Crippen LogP contribution in [0.2, 0.25) is 0 Å². The van der Waals surface area contributed by atoms with Crippen LogP contribution in [-0.4, -0.2) is 31.6 Å². The number of rotatable bonds is 8. The van der Waals surface area contributed by atoms with Gasteiger partial charge >= 0.3 is 0 Å². The number of carbonyl (C=O) groups excluding carboxylic acids is 1.